The first-order chi connectivity index (χ1) is 15.2. The quantitative estimate of drug-likeness (QED) is 0.442. The van der Waals surface area contributed by atoms with Crippen molar-refractivity contribution < 1.29 is 41.6 Å². The van der Waals surface area contributed by atoms with Crippen molar-refractivity contribution >= 4 is 31.6 Å². The molecule has 30 heavy (non-hydrogen) atoms. The van der Waals surface area contributed by atoms with Crippen LogP contribution in [0.1, 0.15) is 15.9 Å². The van der Waals surface area contributed by atoms with Crippen LogP contribution >= 0.6 is 31.6 Å². The molecule has 3 heterocycles. The molecular formula is C16H15ClFN2O8PS. The van der Waals surface area contributed by atoms with Crippen molar-refractivity contribution in [3.63, 3.8) is 0 Å². The summed E-state index contributed by atoms with van der Waals surface area (Å²) in [4.78, 5) is 14.3. The Morgan fingerprint density at radius 1 is 1.53 bits per heavy atom. The van der Waals surface area contributed by atoms with Gasteiger partial charge in [-0.05, 0) is 24.3 Å². The molecule has 0 bridgehead atoms. The number of ether oxygens (including phenoxy) is 1. The van der Waals surface area contributed by atoms with Crippen molar-refractivity contribution in [2.45, 2.75) is 30.9 Å². The number of hydrogen-bond donors (Lipinski definition) is 3. The van der Waals surface area contributed by atoms with Gasteiger partial charge in [0.2, 0.25) is 0 Å². The van der Waals surface area contributed by atoms with Gasteiger partial charge in [-0.3, -0.25) is 18.6 Å². The van der Waals surface area contributed by atoms with Gasteiger partial charge in [0, 0.05) is 16.8 Å². The minimum absolute atomic E-state index is 0.0356. The molecule has 1 aromatic heterocycles. The largest absolute Gasteiger partial charge is 0.530 e. The van der Waals surface area contributed by atoms with Crippen LogP contribution in [0.5, 0.6) is 5.75 Å². The molecule has 1 unspecified atom stereocenters. The van der Waals surface area contributed by atoms with Gasteiger partial charge in [-0.2, -0.15) is 0 Å². The summed E-state index contributed by atoms with van der Waals surface area (Å²) >= 11 is 10.6. The average molecular weight is 484 g/mol. The molecule has 0 radical (unpaired) electrons. The summed E-state index contributed by atoms with van der Waals surface area (Å²) in [7, 11) is -4.83. The van der Waals surface area contributed by atoms with Crippen LogP contribution in [0.25, 0.3) is 0 Å². The fourth-order valence-corrected chi connectivity index (χ4v) is 4.12. The lowest BCUT2D eigenvalue weighted by Gasteiger charge is -2.28. The highest BCUT2D eigenvalue weighted by atomic mass is 35.5. The van der Waals surface area contributed by atoms with E-state index in [1.54, 1.807) is 0 Å². The number of fused-ring (bicyclic) bond motifs is 1. The van der Waals surface area contributed by atoms with Gasteiger partial charge in [0.25, 0.3) is 5.85 Å². The molecule has 1 fully saturated rings. The third-order valence-corrected chi connectivity index (χ3v) is 5.81. The number of nitrogens with one attached hydrogen (secondary N) is 1. The predicted molar refractivity (Wildman–Crippen MR) is 102 cm³/mol. The van der Waals surface area contributed by atoms with E-state index >= 15 is 4.39 Å². The zero-order chi connectivity index (χ0) is 24.4. The Kier molecular flexibility index (Phi) is 4.68. The Morgan fingerprint density at radius 2 is 2.30 bits per heavy atom. The molecule has 5 atom stereocenters. The molecule has 3 N–H and O–H groups in total. The maximum atomic E-state index is 15.8. The van der Waals surface area contributed by atoms with Crippen LogP contribution in [0.15, 0.2) is 35.3 Å². The molecule has 14 heteroatoms. The first kappa shape index (κ1) is 18.0. The second-order valence-corrected chi connectivity index (χ2v) is 8.61. The SMILES string of the molecule is [2H]C([2H])(OP1(=O)OCc2cc(Cl)ccc2O1)[C@@]1(F)O[C@@]([2H])(n2ccc(=S)[nH]c2=O)[C@H](O)[C@@H]1O. The van der Waals surface area contributed by atoms with Crippen LogP contribution in [-0.4, -0.2) is 44.4 Å². The average Bonchev–Trinajstić information content (AvgIpc) is 2.89. The van der Waals surface area contributed by atoms with Crippen LogP contribution in [0.3, 0.4) is 0 Å². The van der Waals surface area contributed by atoms with Crippen molar-refractivity contribution in [2.75, 3.05) is 6.56 Å². The number of hydrogen-bond acceptors (Lipinski definition) is 9. The van der Waals surface area contributed by atoms with Gasteiger partial charge < -0.3 is 19.5 Å². The van der Waals surface area contributed by atoms with E-state index in [1.807, 2.05) is 0 Å². The molecule has 0 amide bonds. The molecule has 0 saturated carbocycles. The minimum atomic E-state index is -4.83. The molecule has 162 valence electrons. The Bertz CT molecular complexity index is 1280. The van der Waals surface area contributed by atoms with Crippen LogP contribution in [0, 0.1) is 4.64 Å². The Balaban J connectivity index is 1.66. The number of halogens is 2. The van der Waals surface area contributed by atoms with Crippen LogP contribution in [-0.2, 0) is 25.0 Å². The third-order valence-electron chi connectivity index (χ3n) is 4.15. The zero-order valence-corrected chi connectivity index (χ0v) is 17.1. The Morgan fingerprint density at radius 3 is 3.03 bits per heavy atom. The molecule has 1 aromatic carbocycles. The zero-order valence-electron chi connectivity index (χ0n) is 17.7. The van der Waals surface area contributed by atoms with Gasteiger partial charge in [-0.15, -0.1) is 0 Å². The number of aromatic nitrogens is 2. The monoisotopic (exact) mass is 483 g/mol. The summed E-state index contributed by atoms with van der Waals surface area (Å²) in [5.74, 6) is -4.04. The summed E-state index contributed by atoms with van der Waals surface area (Å²) in [6, 6.07) is 5.24. The molecule has 2 aromatic rings. The van der Waals surface area contributed by atoms with Crippen LogP contribution in [0.2, 0.25) is 5.02 Å². The summed E-state index contributed by atoms with van der Waals surface area (Å²) in [6.45, 7) is -4.21. The summed E-state index contributed by atoms with van der Waals surface area (Å²) < 4.78 is 72.6. The van der Waals surface area contributed by atoms with Gasteiger partial charge >= 0.3 is 13.5 Å². The number of nitrogens with zero attached hydrogens (tertiary/aromatic N) is 1. The maximum Gasteiger partial charge on any atom is 0.530 e. The number of rotatable bonds is 4. The third kappa shape index (κ3) is 3.97. The van der Waals surface area contributed by atoms with Crippen molar-refractivity contribution in [3.8, 4) is 5.75 Å². The highest BCUT2D eigenvalue weighted by Crippen LogP contribution is 2.55. The van der Waals surface area contributed by atoms with Gasteiger partial charge in [-0.1, -0.05) is 23.8 Å². The van der Waals surface area contributed by atoms with E-state index in [2.05, 4.69) is 9.51 Å². The lowest BCUT2D eigenvalue weighted by atomic mass is 10.1. The molecule has 0 aliphatic carbocycles. The van der Waals surface area contributed by atoms with Gasteiger partial charge in [0.05, 0.1) is 10.7 Å². The summed E-state index contributed by atoms with van der Waals surface area (Å²) in [5.41, 5.74) is -0.761. The topological polar surface area (TPSA) is 132 Å². The van der Waals surface area contributed by atoms with Crippen molar-refractivity contribution in [3.05, 3.63) is 56.2 Å². The first-order valence-electron chi connectivity index (χ1n) is 9.72. The van der Waals surface area contributed by atoms with E-state index in [9.17, 15) is 19.6 Å². The minimum Gasteiger partial charge on any atom is -0.404 e. The van der Waals surface area contributed by atoms with E-state index < -0.39 is 50.9 Å². The summed E-state index contributed by atoms with van der Waals surface area (Å²) in [6.07, 6.45) is -7.46. The number of aliphatic hydroxyl groups excluding tert-OH is 2. The van der Waals surface area contributed by atoms with E-state index in [-0.39, 0.29) is 10.4 Å². The lowest BCUT2D eigenvalue weighted by molar-refractivity contribution is -0.205. The highest BCUT2D eigenvalue weighted by molar-refractivity contribution is 7.71. The van der Waals surface area contributed by atoms with Gasteiger partial charge in [0.1, 0.15) is 29.2 Å². The fraction of sp³-hybridized carbons (Fsp3) is 0.375. The predicted octanol–water partition coefficient (Wildman–Crippen LogP) is 2.21. The second kappa shape index (κ2) is 7.81. The second-order valence-electron chi connectivity index (χ2n) is 6.21. The summed E-state index contributed by atoms with van der Waals surface area (Å²) in [5, 5.41) is 20.9. The number of benzene rings is 1. The van der Waals surface area contributed by atoms with E-state index in [4.69, 9.17) is 41.7 Å². The van der Waals surface area contributed by atoms with Crippen LogP contribution < -0.4 is 10.2 Å². The molecule has 2 aliphatic rings. The Hall–Kier alpha value is -1.63. The standard InChI is InChI=1S/C16H15ClFN2O8PS/c17-9-1-2-10-8(5-9)6-25-29(24,28-10)26-7-16(18)13(22)12(21)14(27-16)20-4-3-11(30)19-15(20)23/h1-5,12-14,21-22H,6-7H2,(H,19,23,30)/t12-,13+,14-,16-,29?/m1/s1/i7D2,14D. The van der Waals surface area contributed by atoms with Crippen molar-refractivity contribution in [1.82, 2.24) is 9.55 Å². The normalized spacial score (nSPS) is 37.5. The van der Waals surface area contributed by atoms with Gasteiger partial charge in [-0.25, -0.2) is 13.8 Å². The highest BCUT2D eigenvalue weighted by Gasteiger charge is 2.57. The number of alkyl halides is 1. The van der Waals surface area contributed by atoms with E-state index in [0.29, 0.717) is 15.2 Å². The van der Waals surface area contributed by atoms with Crippen LogP contribution in [0.4, 0.5) is 4.39 Å². The molecule has 1 saturated heterocycles. The molecule has 4 rings (SSSR count). The number of H-pyrrole nitrogens is 1. The number of aliphatic hydroxyl groups is 2. The molecule has 0 spiro atoms. The van der Waals surface area contributed by atoms with Crippen molar-refractivity contribution in [1.29, 1.82) is 0 Å². The number of phosphoric acid groups is 1. The molecule has 2 aliphatic heterocycles. The molecule has 10 nitrogen and oxygen atoms in total. The van der Waals surface area contributed by atoms with Crippen molar-refractivity contribution in [2.24, 2.45) is 0 Å². The maximum absolute atomic E-state index is 15.8. The first-order valence-corrected chi connectivity index (χ1v) is 10.5. The number of phosphoric ester groups is 1. The number of aromatic amines is 1. The smallest absolute Gasteiger partial charge is 0.404 e. The van der Waals surface area contributed by atoms with Gasteiger partial charge in [0.15, 0.2) is 6.20 Å². The van der Waals surface area contributed by atoms with E-state index in [1.165, 1.54) is 18.2 Å². The molecular weight excluding hydrogens is 466 g/mol. The Labute approximate surface area is 182 Å². The van der Waals surface area contributed by atoms with E-state index in [0.717, 1.165) is 12.3 Å². The lowest BCUT2D eigenvalue weighted by Crippen LogP contribution is -2.43. The fourth-order valence-electron chi connectivity index (χ4n) is 2.68.